The van der Waals surface area contributed by atoms with Crippen molar-refractivity contribution in [3.05, 3.63) is 51.5 Å². The van der Waals surface area contributed by atoms with Crippen molar-refractivity contribution >= 4 is 50.6 Å². The maximum absolute atomic E-state index is 13.7. The Bertz CT molecular complexity index is 1110. The second-order valence-corrected chi connectivity index (χ2v) is 6.86. The molecule has 146 valence electrons. The molecule has 7 nitrogen and oxygen atoms in total. The number of aromatic nitrogens is 2. The van der Waals surface area contributed by atoms with E-state index in [0.717, 1.165) is 22.1 Å². The fraction of sp³-hybridized carbons (Fsp3) is 0.222. The van der Waals surface area contributed by atoms with E-state index in [9.17, 15) is 18.8 Å². The molecule has 0 unspecified atom stereocenters. The van der Waals surface area contributed by atoms with E-state index in [0.29, 0.717) is 0 Å². The number of thiophene rings is 1. The van der Waals surface area contributed by atoms with Gasteiger partial charge in [0, 0.05) is 23.1 Å². The molecular weight excluding hydrogens is 409 g/mol. The van der Waals surface area contributed by atoms with Gasteiger partial charge < -0.3 is 10.1 Å². The van der Waals surface area contributed by atoms with Crippen LogP contribution in [-0.4, -0.2) is 34.1 Å². The largest absolute Gasteiger partial charge is 0.461 e. The lowest BCUT2D eigenvalue weighted by Crippen LogP contribution is -2.25. The lowest BCUT2D eigenvalue weighted by molar-refractivity contribution is -0.115. The SMILES string of the molecule is CCOC(=O)c1nn(-c2cccc(F)c2)c(=O)c2c(NC(=O)CCCl)scc12. The summed E-state index contributed by atoms with van der Waals surface area (Å²) >= 11 is 6.66. The first-order valence-corrected chi connectivity index (χ1v) is 9.71. The lowest BCUT2D eigenvalue weighted by atomic mass is 10.2. The third kappa shape index (κ3) is 3.90. The fourth-order valence-corrected chi connectivity index (χ4v) is 3.67. The maximum Gasteiger partial charge on any atom is 0.359 e. The van der Waals surface area contributed by atoms with E-state index in [-0.39, 0.29) is 52.0 Å². The number of halogens is 2. The van der Waals surface area contributed by atoms with Crippen LogP contribution in [0.5, 0.6) is 0 Å². The smallest absolute Gasteiger partial charge is 0.359 e. The number of nitrogens with one attached hydrogen (secondary N) is 1. The quantitative estimate of drug-likeness (QED) is 0.485. The number of ether oxygens (including phenoxy) is 1. The average Bonchev–Trinajstić information content (AvgIpc) is 3.06. The van der Waals surface area contributed by atoms with Gasteiger partial charge in [0.1, 0.15) is 10.8 Å². The Labute approximate surface area is 167 Å². The zero-order chi connectivity index (χ0) is 20.3. The van der Waals surface area contributed by atoms with Gasteiger partial charge >= 0.3 is 5.97 Å². The molecule has 1 aromatic carbocycles. The zero-order valence-electron chi connectivity index (χ0n) is 14.7. The Balaban J connectivity index is 2.26. The van der Waals surface area contributed by atoms with Crippen LogP contribution in [0.25, 0.3) is 16.5 Å². The van der Waals surface area contributed by atoms with Gasteiger partial charge in [0.2, 0.25) is 5.91 Å². The average molecular weight is 424 g/mol. The van der Waals surface area contributed by atoms with Crippen LogP contribution in [0.15, 0.2) is 34.4 Å². The molecule has 3 aromatic rings. The van der Waals surface area contributed by atoms with Crippen molar-refractivity contribution in [2.75, 3.05) is 17.8 Å². The summed E-state index contributed by atoms with van der Waals surface area (Å²) in [5.41, 5.74) is -0.562. The normalized spacial score (nSPS) is 10.8. The van der Waals surface area contributed by atoms with Crippen molar-refractivity contribution < 1.29 is 18.7 Å². The van der Waals surface area contributed by atoms with Crippen LogP contribution in [0.2, 0.25) is 0 Å². The molecule has 2 heterocycles. The molecule has 0 saturated carbocycles. The highest BCUT2D eigenvalue weighted by Crippen LogP contribution is 2.30. The minimum Gasteiger partial charge on any atom is -0.461 e. The summed E-state index contributed by atoms with van der Waals surface area (Å²) in [6, 6.07) is 5.25. The summed E-state index contributed by atoms with van der Waals surface area (Å²) in [6.07, 6.45) is 0.0643. The first-order chi connectivity index (χ1) is 13.5. The Morgan fingerprint density at radius 3 is 2.86 bits per heavy atom. The predicted octanol–water partition coefficient (Wildman–Crippen LogP) is 3.33. The van der Waals surface area contributed by atoms with Crippen molar-refractivity contribution in [1.82, 2.24) is 9.78 Å². The predicted molar refractivity (Wildman–Crippen MR) is 105 cm³/mol. The number of hydrogen-bond acceptors (Lipinski definition) is 6. The number of carbonyl (C=O) groups is 2. The molecule has 2 aromatic heterocycles. The van der Waals surface area contributed by atoms with Gasteiger partial charge in [0.15, 0.2) is 5.69 Å². The standard InChI is InChI=1S/C18H15ClFN3O4S/c1-2-27-18(26)15-12-9-28-16(21-13(24)6-7-19)14(12)17(25)23(22-15)11-5-3-4-10(20)8-11/h3-5,8-9H,2,6-7H2,1H3,(H,21,24). The van der Waals surface area contributed by atoms with Crippen LogP contribution in [0, 0.1) is 5.82 Å². The number of nitrogens with zero attached hydrogens (tertiary/aromatic N) is 2. The highest BCUT2D eigenvalue weighted by molar-refractivity contribution is 7.16. The zero-order valence-corrected chi connectivity index (χ0v) is 16.3. The van der Waals surface area contributed by atoms with Crippen molar-refractivity contribution in [1.29, 1.82) is 0 Å². The van der Waals surface area contributed by atoms with Gasteiger partial charge in [-0.2, -0.15) is 9.78 Å². The van der Waals surface area contributed by atoms with E-state index in [2.05, 4.69) is 10.4 Å². The molecule has 28 heavy (non-hydrogen) atoms. The van der Waals surface area contributed by atoms with Crippen molar-refractivity contribution in [3.8, 4) is 5.69 Å². The molecule has 0 saturated heterocycles. The molecule has 1 N–H and O–H groups in total. The monoisotopic (exact) mass is 423 g/mol. The second kappa shape index (κ2) is 8.49. The number of benzene rings is 1. The fourth-order valence-electron chi connectivity index (χ4n) is 2.55. The van der Waals surface area contributed by atoms with E-state index < -0.39 is 17.3 Å². The summed E-state index contributed by atoms with van der Waals surface area (Å²) < 4.78 is 19.6. The Morgan fingerprint density at radius 2 is 2.18 bits per heavy atom. The van der Waals surface area contributed by atoms with E-state index in [1.165, 1.54) is 18.2 Å². The Kier molecular flexibility index (Phi) is 6.05. The molecule has 3 rings (SSSR count). The van der Waals surface area contributed by atoms with E-state index in [1.54, 1.807) is 12.3 Å². The molecule has 0 aliphatic carbocycles. The van der Waals surface area contributed by atoms with Gasteiger partial charge in [-0.15, -0.1) is 22.9 Å². The minimum atomic E-state index is -0.728. The number of carbonyl (C=O) groups excluding carboxylic acids is 2. The van der Waals surface area contributed by atoms with Gasteiger partial charge in [-0.25, -0.2) is 9.18 Å². The molecule has 0 spiro atoms. The highest BCUT2D eigenvalue weighted by atomic mass is 35.5. The van der Waals surface area contributed by atoms with Crippen LogP contribution >= 0.6 is 22.9 Å². The van der Waals surface area contributed by atoms with Gasteiger partial charge in [-0.3, -0.25) is 9.59 Å². The van der Waals surface area contributed by atoms with Crippen LogP contribution in [0.4, 0.5) is 9.39 Å². The minimum absolute atomic E-state index is 0.0643. The van der Waals surface area contributed by atoms with Crippen molar-refractivity contribution in [2.24, 2.45) is 0 Å². The third-order valence-electron chi connectivity index (χ3n) is 3.75. The molecule has 0 aliphatic heterocycles. The highest BCUT2D eigenvalue weighted by Gasteiger charge is 2.23. The number of rotatable bonds is 6. The Morgan fingerprint density at radius 1 is 1.39 bits per heavy atom. The molecule has 0 bridgehead atoms. The molecule has 1 amide bonds. The van der Waals surface area contributed by atoms with Crippen LogP contribution in [0.3, 0.4) is 0 Å². The summed E-state index contributed by atoms with van der Waals surface area (Å²) in [5, 5.41) is 8.86. The number of anilines is 1. The topological polar surface area (TPSA) is 90.3 Å². The van der Waals surface area contributed by atoms with Gasteiger partial charge in [-0.05, 0) is 25.1 Å². The van der Waals surface area contributed by atoms with Crippen LogP contribution in [-0.2, 0) is 9.53 Å². The number of fused-ring (bicyclic) bond motifs is 1. The molecule has 10 heteroatoms. The number of alkyl halides is 1. The van der Waals surface area contributed by atoms with E-state index in [4.69, 9.17) is 16.3 Å². The maximum atomic E-state index is 13.7. The van der Waals surface area contributed by atoms with Crippen molar-refractivity contribution in [3.63, 3.8) is 0 Å². The van der Waals surface area contributed by atoms with Crippen LogP contribution < -0.4 is 10.9 Å². The molecule has 0 radical (unpaired) electrons. The molecule has 0 atom stereocenters. The number of esters is 1. The van der Waals surface area contributed by atoms with E-state index >= 15 is 0 Å². The Hall–Kier alpha value is -2.78. The third-order valence-corrected chi connectivity index (χ3v) is 4.83. The van der Waals surface area contributed by atoms with Crippen molar-refractivity contribution in [2.45, 2.75) is 13.3 Å². The van der Waals surface area contributed by atoms with Gasteiger partial charge in [-0.1, -0.05) is 6.07 Å². The van der Waals surface area contributed by atoms with Crippen LogP contribution in [0.1, 0.15) is 23.8 Å². The summed E-state index contributed by atoms with van der Waals surface area (Å²) in [5.74, 6) is -1.54. The first kappa shape index (κ1) is 20.0. The molecule has 0 aliphatic rings. The first-order valence-electron chi connectivity index (χ1n) is 8.29. The van der Waals surface area contributed by atoms with Gasteiger partial charge in [0.25, 0.3) is 5.56 Å². The lowest BCUT2D eigenvalue weighted by Gasteiger charge is -2.10. The summed E-state index contributed by atoms with van der Waals surface area (Å²) in [7, 11) is 0. The summed E-state index contributed by atoms with van der Waals surface area (Å²) in [4.78, 5) is 37.4. The second-order valence-electron chi connectivity index (χ2n) is 5.61. The van der Waals surface area contributed by atoms with E-state index in [1.807, 2.05) is 0 Å². The molecule has 0 fully saturated rings. The van der Waals surface area contributed by atoms with Gasteiger partial charge in [0.05, 0.1) is 17.7 Å². The molecular formula is C18H15ClFN3O4S. The number of amides is 1. The summed E-state index contributed by atoms with van der Waals surface area (Å²) in [6.45, 7) is 1.76. The number of hydrogen-bond donors (Lipinski definition) is 1.